The molecule has 0 spiro atoms. The normalized spacial score (nSPS) is 10.9. The summed E-state index contributed by atoms with van der Waals surface area (Å²) in [6.07, 6.45) is 3.35. The number of rotatable bonds is 2. The second kappa shape index (κ2) is 4.64. The molecule has 2 aromatic heterocycles. The van der Waals surface area contributed by atoms with Crippen LogP contribution in [0.1, 0.15) is 16.8 Å². The number of imidazole rings is 1. The fourth-order valence-corrected chi connectivity index (χ4v) is 2.14. The summed E-state index contributed by atoms with van der Waals surface area (Å²) in [6, 6.07) is 5.83. The average Bonchev–Trinajstić information content (AvgIpc) is 2.82. The first kappa shape index (κ1) is 12.7. The maximum absolute atomic E-state index is 5.61. The van der Waals surface area contributed by atoms with Gasteiger partial charge < -0.3 is 5.73 Å². The highest BCUT2D eigenvalue weighted by atomic mass is 32.1. The van der Waals surface area contributed by atoms with E-state index < -0.39 is 0 Å². The van der Waals surface area contributed by atoms with Gasteiger partial charge in [-0.1, -0.05) is 12.2 Å². The van der Waals surface area contributed by atoms with Crippen LogP contribution < -0.4 is 5.73 Å². The summed E-state index contributed by atoms with van der Waals surface area (Å²) in [7, 11) is 0. The zero-order valence-electron chi connectivity index (χ0n) is 11.2. The Kier molecular flexibility index (Phi) is 2.94. The fraction of sp³-hybridized carbons (Fsp3) is 0.143. The van der Waals surface area contributed by atoms with Gasteiger partial charge in [0, 0.05) is 6.20 Å². The molecule has 2 N–H and O–H groups in total. The van der Waals surface area contributed by atoms with Gasteiger partial charge in [0.2, 0.25) is 5.95 Å². The fourth-order valence-electron chi connectivity index (χ4n) is 2.03. The Bertz CT molecular complexity index is 822. The van der Waals surface area contributed by atoms with E-state index >= 15 is 0 Å². The van der Waals surface area contributed by atoms with Gasteiger partial charge in [0.25, 0.3) is 0 Å². The lowest BCUT2D eigenvalue weighted by Gasteiger charge is -2.05. The lowest BCUT2D eigenvalue weighted by Crippen LogP contribution is -2.13. The number of fused-ring (bicyclic) bond motifs is 1. The lowest BCUT2D eigenvalue weighted by atomic mass is 10.1. The van der Waals surface area contributed by atoms with Crippen molar-refractivity contribution in [3.8, 4) is 5.95 Å². The van der Waals surface area contributed by atoms with Gasteiger partial charge in [-0.3, -0.25) is 4.57 Å². The first-order chi connectivity index (χ1) is 9.56. The predicted molar refractivity (Wildman–Crippen MR) is 82.0 cm³/mol. The van der Waals surface area contributed by atoms with Gasteiger partial charge in [-0.2, -0.15) is 0 Å². The standard InChI is InChI=1S/C14H13N5S/c1-8-5-11-12(6-9(8)2)19(7-17-11)14-16-4-3-10(18-14)13(15)20/h3-7H,1-2H3,(H2,15,20). The van der Waals surface area contributed by atoms with Crippen LogP contribution in [0.3, 0.4) is 0 Å². The minimum Gasteiger partial charge on any atom is -0.388 e. The molecule has 0 amide bonds. The maximum Gasteiger partial charge on any atom is 0.236 e. The second-order valence-corrected chi connectivity index (χ2v) is 5.09. The van der Waals surface area contributed by atoms with Crippen LogP contribution >= 0.6 is 12.2 Å². The molecular formula is C14H13N5S. The van der Waals surface area contributed by atoms with Crippen molar-refractivity contribution in [2.75, 3.05) is 0 Å². The van der Waals surface area contributed by atoms with Crippen molar-refractivity contribution in [2.45, 2.75) is 13.8 Å². The number of aryl methyl sites for hydroxylation is 2. The van der Waals surface area contributed by atoms with Gasteiger partial charge in [0.15, 0.2) is 0 Å². The molecule has 0 saturated heterocycles. The minimum absolute atomic E-state index is 0.255. The van der Waals surface area contributed by atoms with E-state index in [1.165, 1.54) is 11.1 Å². The number of nitrogens with two attached hydrogens (primary N) is 1. The molecule has 1 aromatic carbocycles. The summed E-state index contributed by atoms with van der Waals surface area (Å²) in [5.41, 5.74) is 10.4. The lowest BCUT2D eigenvalue weighted by molar-refractivity contribution is 0.943. The van der Waals surface area contributed by atoms with Gasteiger partial charge in [-0.05, 0) is 43.2 Å². The summed E-state index contributed by atoms with van der Waals surface area (Å²) in [5, 5.41) is 0. The summed E-state index contributed by atoms with van der Waals surface area (Å²) in [4.78, 5) is 13.3. The van der Waals surface area contributed by atoms with Gasteiger partial charge >= 0.3 is 0 Å². The molecule has 0 fully saturated rings. The highest BCUT2D eigenvalue weighted by Crippen LogP contribution is 2.20. The van der Waals surface area contributed by atoms with Crippen LogP contribution in [-0.2, 0) is 0 Å². The van der Waals surface area contributed by atoms with Crippen LogP contribution in [0.25, 0.3) is 17.0 Å². The SMILES string of the molecule is Cc1cc2ncn(-c3nccc(C(N)=S)n3)c2cc1C. The van der Waals surface area contributed by atoms with Gasteiger partial charge in [-0.15, -0.1) is 0 Å². The predicted octanol–water partition coefficient (Wildman–Crippen LogP) is 2.07. The Hall–Kier alpha value is -2.34. The molecular weight excluding hydrogens is 270 g/mol. The van der Waals surface area contributed by atoms with Gasteiger partial charge in [0.1, 0.15) is 17.0 Å². The van der Waals surface area contributed by atoms with E-state index in [0.717, 1.165) is 11.0 Å². The number of aromatic nitrogens is 4. The van der Waals surface area contributed by atoms with E-state index in [0.29, 0.717) is 11.6 Å². The van der Waals surface area contributed by atoms with Crippen molar-refractivity contribution < 1.29 is 0 Å². The molecule has 0 atom stereocenters. The molecule has 0 bridgehead atoms. The third-order valence-electron chi connectivity index (χ3n) is 3.27. The van der Waals surface area contributed by atoms with Crippen molar-refractivity contribution in [3.63, 3.8) is 0 Å². The van der Waals surface area contributed by atoms with Crippen molar-refractivity contribution in [3.05, 3.63) is 47.5 Å². The Morgan fingerprint density at radius 1 is 1.20 bits per heavy atom. The Morgan fingerprint density at radius 2 is 1.95 bits per heavy atom. The Labute approximate surface area is 121 Å². The zero-order chi connectivity index (χ0) is 14.3. The summed E-state index contributed by atoms with van der Waals surface area (Å²) < 4.78 is 1.84. The summed E-state index contributed by atoms with van der Waals surface area (Å²) in [5.74, 6) is 0.515. The van der Waals surface area contributed by atoms with Gasteiger partial charge in [-0.25, -0.2) is 15.0 Å². The largest absolute Gasteiger partial charge is 0.388 e. The molecule has 0 saturated carbocycles. The van der Waals surface area contributed by atoms with Crippen LogP contribution in [0.15, 0.2) is 30.7 Å². The van der Waals surface area contributed by atoms with Crippen LogP contribution in [0.5, 0.6) is 0 Å². The average molecular weight is 283 g/mol. The van der Waals surface area contributed by atoms with E-state index in [-0.39, 0.29) is 4.99 Å². The second-order valence-electron chi connectivity index (χ2n) is 4.65. The van der Waals surface area contributed by atoms with Crippen LogP contribution in [-0.4, -0.2) is 24.5 Å². The topological polar surface area (TPSA) is 69.6 Å². The first-order valence-corrected chi connectivity index (χ1v) is 6.54. The Morgan fingerprint density at radius 3 is 2.70 bits per heavy atom. The molecule has 100 valence electrons. The molecule has 3 aromatic rings. The van der Waals surface area contributed by atoms with Crippen molar-refractivity contribution in [1.82, 2.24) is 19.5 Å². The molecule has 0 aliphatic carbocycles. The van der Waals surface area contributed by atoms with Crippen LogP contribution in [0.2, 0.25) is 0 Å². The van der Waals surface area contributed by atoms with Crippen molar-refractivity contribution in [1.29, 1.82) is 0 Å². The molecule has 0 radical (unpaired) electrons. The van der Waals surface area contributed by atoms with E-state index in [4.69, 9.17) is 18.0 Å². The van der Waals surface area contributed by atoms with Gasteiger partial charge in [0.05, 0.1) is 11.0 Å². The van der Waals surface area contributed by atoms with Crippen molar-refractivity contribution in [2.24, 2.45) is 5.73 Å². The van der Waals surface area contributed by atoms with Crippen molar-refractivity contribution >= 4 is 28.2 Å². The Balaban J connectivity index is 2.22. The summed E-state index contributed by atoms with van der Waals surface area (Å²) >= 11 is 4.95. The number of nitrogens with zero attached hydrogens (tertiary/aromatic N) is 4. The quantitative estimate of drug-likeness (QED) is 0.729. The maximum atomic E-state index is 5.61. The monoisotopic (exact) mass is 283 g/mol. The smallest absolute Gasteiger partial charge is 0.236 e. The highest BCUT2D eigenvalue weighted by molar-refractivity contribution is 7.80. The van der Waals surface area contributed by atoms with E-state index in [1.54, 1.807) is 18.6 Å². The first-order valence-electron chi connectivity index (χ1n) is 6.14. The number of hydrogen-bond donors (Lipinski definition) is 1. The zero-order valence-corrected chi connectivity index (χ0v) is 12.0. The number of benzene rings is 1. The third-order valence-corrected chi connectivity index (χ3v) is 3.48. The molecule has 5 nitrogen and oxygen atoms in total. The van der Waals surface area contributed by atoms with E-state index in [1.807, 2.05) is 4.57 Å². The molecule has 0 aliphatic rings. The molecule has 6 heteroatoms. The molecule has 2 heterocycles. The molecule has 0 aliphatic heterocycles. The highest BCUT2D eigenvalue weighted by Gasteiger charge is 2.09. The van der Waals surface area contributed by atoms with Crippen LogP contribution in [0, 0.1) is 13.8 Å². The minimum atomic E-state index is 0.255. The molecule has 20 heavy (non-hydrogen) atoms. The van der Waals surface area contributed by atoms with Crippen LogP contribution in [0.4, 0.5) is 0 Å². The molecule has 0 unspecified atom stereocenters. The third kappa shape index (κ3) is 2.04. The van der Waals surface area contributed by atoms with E-state index in [9.17, 15) is 0 Å². The summed E-state index contributed by atoms with van der Waals surface area (Å²) in [6.45, 7) is 4.14. The van der Waals surface area contributed by atoms with E-state index in [2.05, 4.69) is 40.9 Å². The molecule has 3 rings (SSSR count). The number of thiocarbonyl (C=S) groups is 1. The number of hydrogen-bond acceptors (Lipinski definition) is 4.